The molecular weight excluding hydrogens is 1220 g/mol. The molecule has 91 heavy (non-hydrogen) atoms. The van der Waals surface area contributed by atoms with Gasteiger partial charge in [0.05, 0.1) is 43.9 Å². The van der Waals surface area contributed by atoms with Gasteiger partial charge in [-0.05, 0) is 62.8 Å². The molecule has 2 aromatic heterocycles. The van der Waals surface area contributed by atoms with Crippen LogP contribution in [0, 0.1) is 0 Å². The predicted octanol–water partition coefficient (Wildman–Crippen LogP) is -10.3. The van der Waals surface area contributed by atoms with Gasteiger partial charge in [-0.15, -0.1) is 0 Å². The number of carboxylic acid groups (broad SMARTS) is 3. The van der Waals surface area contributed by atoms with E-state index in [4.69, 9.17) is 15.9 Å². The second kappa shape index (κ2) is 38.1. The van der Waals surface area contributed by atoms with Crippen LogP contribution in [-0.2, 0) is 49.7 Å². The maximum atomic E-state index is 14.2. The summed E-state index contributed by atoms with van der Waals surface area (Å²) in [5.41, 5.74) is 5.60. The number of aliphatic hydroxyl groups excluding tert-OH is 11. The summed E-state index contributed by atoms with van der Waals surface area (Å²) in [5, 5.41) is 159. The standard InChI is InChI=1S/C52H78N14O25/c1-54-46(85)25(9-14-37(76)77)61-48(87)27(7-12-35(74)57-19-31(70)41(81)43(83)33(72)21-68)62-49(88)28(10-15-38(78)79)63-47(86)26(6-11-34(73)56-18-30(69)40(80)42(82)32(71)20-67)60-36(75)13-8-29(51(90)91)64-45(84)22-2-4-23(5-3-22)55-16-24-17-58-44-39(59-24)50(89)66-52(53)65-44/h2-5,17,25-33,35,40-43,55,57,67-72,74,80-83H,6-16,18-21H2,1H3,(H,54,85)(H,56,73)(H,60,75)(H,61,87)(H,62,88)(H,63,86)(H,64,84)(H,76,77)(H,78,79)(H,90,91)(H3,53,58,65,66,89)/t25-,26+,27+,28-,29-,30+,31+,32-,33-,35?,40-,41-,42-,43-/m1/s1. The highest BCUT2D eigenvalue weighted by atomic mass is 16.4. The lowest BCUT2D eigenvalue weighted by Gasteiger charge is -2.28. The van der Waals surface area contributed by atoms with Crippen LogP contribution in [0.25, 0.3) is 11.2 Å². The number of carbonyl (C=O) groups is 10. The van der Waals surface area contributed by atoms with Crippen LogP contribution in [0.4, 0.5) is 11.6 Å². The number of amides is 7. The van der Waals surface area contributed by atoms with Crippen LogP contribution in [0.3, 0.4) is 0 Å². The van der Waals surface area contributed by atoms with E-state index in [1.165, 1.54) is 30.5 Å². The Morgan fingerprint density at radius 2 is 1.02 bits per heavy atom. The van der Waals surface area contributed by atoms with Gasteiger partial charge in [-0.25, -0.2) is 14.8 Å². The number of aromatic amines is 1. The number of rotatable bonds is 42. The number of nitrogens with zero attached hydrogens (tertiary/aromatic N) is 3. The Labute approximate surface area is 515 Å². The van der Waals surface area contributed by atoms with Crippen molar-refractivity contribution in [1.29, 1.82) is 0 Å². The number of carbonyl (C=O) groups excluding carboxylic acids is 7. The second-order valence-electron chi connectivity index (χ2n) is 20.5. The van der Waals surface area contributed by atoms with E-state index in [0.717, 1.165) is 7.05 Å². The van der Waals surface area contributed by atoms with Crippen molar-refractivity contribution in [2.24, 2.45) is 0 Å². The number of aliphatic carboxylic acids is 3. The molecule has 14 atom stereocenters. The highest BCUT2D eigenvalue weighted by molar-refractivity contribution is 5.98. The predicted molar refractivity (Wildman–Crippen MR) is 308 cm³/mol. The number of H-pyrrole nitrogens is 1. The molecule has 3 rings (SSSR count). The molecule has 2 heterocycles. The number of hydrogen-bond donors (Lipinski definition) is 25. The first-order valence-electron chi connectivity index (χ1n) is 28.0. The van der Waals surface area contributed by atoms with E-state index in [1.54, 1.807) is 0 Å². The number of hydrogen-bond acceptors (Lipinski definition) is 28. The fourth-order valence-electron chi connectivity index (χ4n) is 8.26. The van der Waals surface area contributed by atoms with E-state index in [1.807, 2.05) is 0 Å². The van der Waals surface area contributed by atoms with Crippen LogP contribution in [0.1, 0.15) is 80.3 Å². The number of nitrogen functional groups attached to an aromatic ring is 1. The number of aliphatic hydroxyl groups is 11. The first-order chi connectivity index (χ1) is 42.9. The van der Waals surface area contributed by atoms with Crippen LogP contribution in [0.2, 0.25) is 0 Å². The quantitative estimate of drug-likeness (QED) is 0.0234. The Morgan fingerprint density at radius 1 is 0.549 bits per heavy atom. The lowest BCUT2D eigenvalue weighted by Crippen LogP contribution is -2.58. The number of anilines is 2. The van der Waals surface area contributed by atoms with Crippen LogP contribution < -0.4 is 59.1 Å². The maximum absolute atomic E-state index is 14.2. The third-order valence-corrected chi connectivity index (χ3v) is 13.6. The second-order valence-corrected chi connectivity index (χ2v) is 20.5. The van der Waals surface area contributed by atoms with E-state index in [-0.39, 0.29) is 29.2 Å². The lowest BCUT2D eigenvalue weighted by molar-refractivity contribution is -0.140. The summed E-state index contributed by atoms with van der Waals surface area (Å²) in [4.78, 5) is 157. The average Bonchev–Trinajstić information content (AvgIpc) is 2.34. The molecule has 7 amide bonds. The molecule has 1 aromatic carbocycles. The van der Waals surface area contributed by atoms with Crippen LogP contribution in [0.15, 0.2) is 35.3 Å². The fourth-order valence-corrected chi connectivity index (χ4v) is 8.26. The number of nitrogens with one attached hydrogen (secondary N) is 10. The topological polar surface area (TPSA) is 660 Å². The highest BCUT2D eigenvalue weighted by Gasteiger charge is 2.35. The minimum Gasteiger partial charge on any atom is -0.481 e. The molecule has 0 bridgehead atoms. The molecule has 3 aromatic rings. The lowest BCUT2D eigenvalue weighted by atomic mass is 10.0. The Kier molecular flexibility index (Phi) is 32.0. The fraction of sp³-hybridized carbons (Fsp3) is 0.577. The van der Waals surface area contributed by atoms with E-state index < -0.39 is 241 Å². The zero-order valence-corrected chi connectivity index (χ0v) is 48.7. The Bertz CT molecular complexity index is 3000. The van der Waals surface area contributed by atoms with Crippen molar-refractivity contribution in [1.82, 2.24) is 62.5 Å². The molecule has 0 fully saturated rings. The summed E-state index contributed by atoms with van der Waals surface area (Å²) in [5.74, 6) is -12.5. The molecule has 0 saturated carbocycles. The molecule has 26 N–H and O–H groups in total. The number of nitrogens with two attached hydrogens (primary N) is 1. The van der Waals surface area contributed by atoms with Crippen molar-refractivity contribution >= 4 is 82.1 Å². The van der Waals surface area contributed by atoms with Gasteiger partial charge in [0.2, 0.25) is 41.4 Å². The van der Waals surface area contributed by atoms with Gasteiger partial charge < -0.3 is 120 Å². The van der Waals surface area contributed by atoms with Gasteiger partial charge in [-0.1, -0.05) is 0 Å². The molecule has 39 nitrogen and oxygen atoms in total. The molecule has 0 saturated heterocycles. The maximum Gasteiger partial charge on any atom is 0.326 e. The van der Waals surface area contributed by atoms with Crippen molar-refractivity contribution in [2.75, 3.05) is 44.4 Å². The summed E-state index contributed by atoms with van der Waals surface area (Å²) in [6, 6.07) is -3.53. The van der Waals surface area contributed by atoms with Gasteiger partial charge in [-0.2, -0.15) is 4.98 Å². The van der Waals surface area contributed by atoms with Gasteiger partial charge in [0.1, 0.15) is 73.1 Å². The van der Waals surface area contributed by atoms with Gasteiger partial charge in [0.25, 0.3) is 11.5 Å². The van der Waals surface area contributed by atoms with Crippen LogP contribution >= 0.6 is 0 Å². The molecule has 0 aliphatic rings. The third kappa shape index (κ3) is 25.9. The molecule has 0 spiro atoms. The molecular formula is C52H78N14O25. The smallest absolute Gasteiger partial charge is 0.326 e. The SMILES string of the molecule is CNC(=O)[C@@H](CCC(=O)O)NC(=O)[C@H](CCC(O)NC[C@H](O)[C@@H](O)[C@H](O)[C@H](O)CO)NC(=O)[C@@H](CCC(=O)O)NC(=O)[C@H](CCC(=O)NC[C@H](O)[C@@H](O)[C@H](O)[C@H](O)CO)NC(=O)CC[C@@H](NC(=O)c1ccc(NCc2cnc3nc(N)[nH]c(=O)c3n2)cc1)C(=O)O. The highest BCUT2D eigenvalue weighted by Crippen LogP contribution is 2.15. The molecule has 506 valence electrons. The Balaban J connectivity index is 1.87. The van der Waals surface area contributed by atoms with Gasteiger partial charge >= 0.3 is 17.9 Å². The molecule has 39 heteroatoms. The van der Waals surface area contributed by atoms with Gasteiger partial charge in [0.15, 0.2) is 11.2 Å². The van der Waals surface area contributed by atoms with Crippen LogP contribution in [0.5, 0.6) is 0 Å². The van der Waals surface area contributed by atoms with E-state index in [2.05, 4.69) is 67.8 Å². The monoisotopic (exact) mass is 1300 g/mol. The Morgan fingerprint density at radius 3 is 1.54 bits per heavy atom. The molecule has 1 unspecified atom stereocenters. The molecule has 0 radical (unpaired) electrons. The Hall–Kier alpha value is -8.74. The number of benzene rings is 1. The van der Waals surface area contributed by atoms with Crippen molar-refractivity contribution in [3.63, 3.8) is 0 Å². The largest absolute Gasteiger partial charge is 0.481 e. The number of likely N-dealkylation sites (N-methyl/N-ethyl adjacent to an activating group) is 1. The van der Waals surface area contributed by atoms with Gasteiger partial charge in [0, 0.05) is 57.1 Å². The summed E-state index contributed by atoms with van der Waals surface area (Å²) in [6.45, 7) is -3.49. The minimum atomic E-state index is -2.12. The first-order valence-corrected chi connectivity index (χ1v) is 28.0. The molecule has 0 aliphatic heterocycles. The third-order valence-electron chi connectivity index (χ3n) is 13.6. The van der Waals surface area contributed by atoms with Crippen LogP contribution in [-0.4, -0.2) is 269 Å². The zero-order valence-electron chi connectivity index (χ0n) is 48.7. The number of carboxylic acids is 3. The normalized spacial score (nSPS) is 16.0. The zero-order chi connectivity index (χ0) is 68.2. The minimum absolute atomic E-state index is 0.0162. The van der Waals surface area contributed by atoms with Crippen molar-refractivity contribution in [3.05, 3.63) is 52.1 Å². The van der Waals surface area contributed by atoms with E-state index >= 15 is 0 Å². The first kappa shape index (κ1) is 76.5. The van der Waals surface area contributed by atoms with E-state index in [9.17, 15) is 114 Å². The van der Waals surface area contributed by atoms with Crippen molar-refractivity contribution in [3.8, 4) is 0 Å². The average molecular weight is 1300 g/mol. The summed E-state index contributed by atoms with van der Waals surface area (Å²) in [7, 11) is 1.15. The summed E-state index contributed by atoms with van der Waals surface area (Å²) >= 11 is 0. The number of aromatic nitrogens is 4. The number of fused-ring (bicyclic) bond motifs is 1. The van der Waals surface area contributed by atoms with Crippen molar-refractivity contribution < 1.29 is 119 Å². The van der Waals surface area contributed by atoms with Gasteiger partial charge in [-0.3, -0.25) is 58.2 Å². The molecule has 0 aliphatic carbocycles. The summed E-state index contributed by atoms with van der Waals surface area (Å²) in [6.07, 6.45) is -23.2. The van der Waals surface area contributed by atoms with E-state index in [0.29, 0.717) is 11.4 Å². The summed E-state index contributed by atoms with van der Waals surface area (Å²) < 4.78 is 0. The van der Waals surface area contributed by atoms with Crippen molar-refractivity contribution in [2.45, 2.75) is 156 Å².